The van der Waals surface area contributed by atoms with Gasteiger partial charge in [-0.05, 0) is 0 Å². The molecule has 82 valence electrons. The summed E-state index contributed by atoms with van der Waals surface area (Å²) < 4.78 is 40.6. The van der Waals surface area contributed by atoms with E-state index in [4.69, 9.17) is 0 Å². The highest BCUT2D eigenvalue weighted by molar-refractivity contribution is 5.85. The highest BCUT2D eigenvalue weighted by atomic mass is 19.2. The fourth-order valence-electron chi connectivity index (χ4n) is 1.64. The van der Waals surface area contributed by atoms with Gasteiger partial charge in [0.25, 0.3) is 0 Å². The number of hydrogen-bond donors (Lipinski definition) is 0. The predicted molar refractivity (Wildman–Crippen MR) is 53.6 cm³/mol. The zero-order chi connectivity index (χ0) is 11.7. The van der Waals surface area contributed by atoms with Crippen molar-refractivity contribution in [2.45, 2.75) is 6.42 Å². The quantitative estimate of drug-likeness (QED) is 0.566. The summed E-state index contributed by atoms with van der Waals surface area (Å²) in [5, 5.41) is -0.134. The summed E-state index contributed by atoms with van der Waals surface area (Å²) in [4.78, 5) is 10.3. The molecule has 0 fully saturated rings. The Labute approximate surface area is 89.5 Å². The number of fused-ring (bicyclic) bond motifs is 1. The zero-order valence-corrected chi connectivity index (χ0v) is 8.14. The van der Waals surface area contributed by atoms with Crippen LogP contribution in [0.15, 0.2) is 24.3 Å². The van der Waals surface area contributed by atoms with E-state index in [0.29, 0.717) is 6.29 Å². The van der Waals surface area contributed by atoms with E-state index in [1.54, 1.807) is 0 Å². The molecule has 2 aromatic rings. The number of aldehydes is 1. The molecule has 0 aromatic heterocycles. The van der Waals surface area contributed by atoms with Gasteiger partial charge in [-0.15, -0.1) is 0 Å². The molecule has 0 spiro atoms. The van der Waals surface area contributed by atoms with Crippen molar-refractivity contribution >= 4 is 17.1 Å². The van der Waals surface area contributed by atoms with Crippen LogP contribution in [0.2, 0.25) is 0 Å². The van der Waals surface area contributed by atoms with Gasteiger partial charge in [0.1, 0.15) is 12.1 Å². The minimum absolute atomic E-state index is 0.0155. The van der Waals surface area contributed by atoms with E-state index in [2.05, 4.69) is 0 Å². The Morgan fingerprint density at radius 2 is 1.50 bits per heavy atom. The van der Waals surface area contributed by atoms with Crippen LogP contribution in [-0.4, -0.2) is 6.29 Å². The van der Waals surface area contributed by atoms with Crippen molar-refractivity contribution in [1.29, 1.82) is 0 Å². The molecule has 0 aliphatic carbocycles. The van der Waals surface area contributed by atoms with Crippen molar-refractivity contribution in [3.63, 3.8) is 0 Å². The molecule has 4 heteroatoms. The Kier molecular flexibility index (Phi) is 2.64. The summed E-state index contributed by atoms with van der Waals surface area (Å²) >= 11 is 0. The SMILES string of the molecule is O=CCc1c(F)c(F)c2ccccc2c1F. The van der Waals surface area contributed by atoms with Crippen molar-refractivity contribution < 1.29 is 18.0 Å². The normalized spacial score (nSPS) is 10.7. The predicted octanol–water partition coefficient (Wildman–Crippen LogP) is 3.00. The molecule has 2 rings (SSSR count). The summed E-state index contributed by atoms with van der Waals surface area (Å²) in [7, 11) is 0. The van der Waals surface area contributed by atoms with Crippen LogP contribution >= 0.6 is 0 Å². The van der Waals surface area contributed by atoms with Crippen molar-refractivity contribution in [3.8, 4) is 0 Å². The summed E-state index contributed by atoms with van der Waals surface area (Å²) in [5.74, 6) is -3.28. The van der Waals surface area contributed by atoms with Crippen LogP contribution in [-0.2, 0) is 11.2 Å². The summed E-state index contributed by atoms with van der Waals surface area (Å²) in [6.07, 6.45) is -0.130. The standard InChI is InChI=1S/C12H7F3O/c13-10-7-3-1-2-4-8(7)11(14)12(15)9(10)5-6-16/h1-4,6H,5H2. The van der Waals surface area contributed by atoms with E-state index in [1.807, 2.05) is 0 Å². The lowest BCUT2D eigenvalue weighted by molar-refractivity contribution is -0.107. The molecule has 0 aliphatic rings. The molecule has 0 saturated carbocycles. The molecule has 0 amide bonds. The lowest BCUT2D eigenvalue weighted by Gasteiger charge is -2.07. The molecule has 0 unspecified atom stereocenters. The summed E-state index contributed by atoms with van der Waals surface area (Å²) in [6, 6.07) is 5.65. The highest BCUT2D eigenvalue weighted by Gasteiger charge is 2.18. The molecule has 16 heavy (non-hydrogen) atoms. The van der Waals surface area contributed by atoms with Gasteiger partial charge in [0.2, 0.25) is 0 Å². The van der Waals surface area contributed by atoms with Gasteiger partial charge in [0, 0.05) is 22.8 Å². The average molecular weight is 224 g/mol. The van der Waals surface area contributed by atoms with Crippen LogP contribution in [0, 0.1) is 17.5 Å². The van der Waals surface area contributed by atoms with Crippen molar-refractivity contribution in [3.05, 3.63) is 47.3 Å². The fraction of sp³-hybridized carbons (Fsp3) is 0.0833. The minimum Gasteiger partial charge on any atom is -0.303 e. The lowest BCUT2D eigenvalue weighted by Crippen LogP contribution is -2.02. The Morgan fingerprint density at radius 1 is 0.938 bits per heavy atom. The van der Waals surface area contributed by atoms with Gasteiger partial charge in [-0.1, -0.05) is 24.3 Å². The monoisotopic (exact) mass is 224 g/mol. The van der Waals surface area contributed by atoms with E-state index in [-0.39, 0.29) is 10.8 Å². The zero-order valence-electron chi connectivity index (χ0n) is 8.14. The smallest absolute Gasteiger partial charge is 0.167 e. The van der Waals surface area contributed by atoms with Crippen molar-refractivity contribution in [1.82, 2.24) is 0 Å². The minimum atomic E-state index is -1.29. The molecule has 0 radical (unpaired) electrons. The first-order chi connectivity index (χ1) is 7.66. The molecular formula is C12H7F3O. The second-order valence-electron chi connectivity index (χ2n) is 3.34. The third-order valence-electron chi connectivity index (χ3n) is 2.41. The van der Waals surface area contributed by atoms with Gasteiger partial charge in [0.15, 0.2) is 11.6 Å². The van der Waals surface area contributed by atoms with Gasteiger partial charge in [0.05, 0.1) is 0 Å². The number of rotatable bonds is 2. The van der Waals surface area contributed by atoms with Gasteiger partial charge >= 0.3 is 0 Å². The first-order valence-electron chi connectivity index (χ1n) is 4.64. The second kappa shape index (κ2) is 3.96. The molecular weight excluding hydrogens is 217 g/mol. The van der Waals surface area contributed by atoms with Crippen LogP contribution in [0.5, 0.6) is 0 Å². The van der Waals surface area contributed by atoms with E-state index in [0.717, 1.165) is 0 Å². The van der Waals surface area contributed by atoms with Crippen LogP contribution < -0.4 is 0 Å². The van der Waals surface area contributed by atoms with Crippen LogP contribution in [0.1, 0.15) is 5.56 Å². The fourth-order valence-corrected chi connectivity index (χ4v) is 1.64. The second-order valence-corrected chi connectivity index (χ2v) is 3.34. The number of carbonyl (C=O) groups is 1. The van der Waals surface area contributed by atoms with E-state index in [9.17, 15) is 18.0 Å². The molecule has 0 N–H and O–H groups in total. The third kappa shape index (κ3) is 1.46. The summed E-state index contributed by atoms with van der Waals surface area (Å²) in [6.45, 7) is 0. The van der Waals surface area contributed by atoms with Crippen molar-refractivity contribution in [2.75, 3.05) is 0 Å². The molecule has 0 aliphatic heterocycles. The molecule has 2 aromatic carbocycles. The maximum atomic E-state index is 13.7. The van der Waals surface area contributed by atoms with E-state index < -0.39 is 29.4 Å². The Balaban J connectivity index is 2.88. The number of carbonyl (C=O) groups excluding carboxylic acids is 1. The molecule has 0 bridgehead atoms. The van der Waals surface area contributed by atoms with Crippen LogP contribution in [0.25, 0.3) is 10.8 Å². The first kappa shape index (κ1) is 10.7. The van der Waals surface area contributed by atoms with Gasteiger partial charge in [-0.25, -0.2) is 13.2 Å². The Hall–Kier alpha value is -1.84. The van der Waals surface area contributed by atoms with Crippen LogP contribution in [0.3, 0.4) is 0 Å². The van der Waals surface area contributed by atoms with Crippen LogP contribution in [0.4, 0.5) is 13.2 Å². The Morgan fingerprint density at radius 3 is 2.06 bits per heavy atom. The lowest BCUT2D eigenvalue weighted by atomic mass is 10.0. The molecule has 0 heterocycles. The number of benzene rings is 2. The molecule has 0 saturated heterocycles. The van der Waals surface area contributed by atoms with E-state index in [1.165, 1.54) is 24.3 Å². The highest BCUT2D eigenvalue weighted by Crippen LogP contribution is 2.27. The average Bonchev–Trinajstić information content (AvgIpc) is 2.32. The summed E-state index contributed by atoms with van der Waals surface area (Å²) in [5.41, 5.74) is -0.522. The van der Waals surface area contributed by atoms with Gasteiger partial charge in [-0.3, -0.25) is 0 Å². The number of hydrogen-bond acceptors (Lipinski definition) is 1. The third-order valence-corrected chi connectivity index (χ3v) is 2.41. The first-order valence-corrected chi connectivity index (χ1v) is 4.64. The topological polar surface area (TPSA) is 17.1 Å². The van der Waals surface area contributed by atoms with Gasteiger partial charge in [-0.2, -0.15) is 0 Å². The number of halogens is 3. The molecule has 1 nitrogen and oxygen atoms in total. The Bertz CT molecular complexity index is 564. The maximum Gasteiger partial charge on any atom is 0.167 e. The largest absolute Gasteiger partial charge is 0.303 e. The molecule has 0 atom stereocenters. The maximum absolute atomic E-state index is 13.7. The van der Waals surface area contributed by atoms with Crippen molar-refractivity contribution in [2.24, 2.45) is 0 Å². The van der Waals surface area contributed by atoms with E-state index >= 15 is 0 Å². The van der Waals surface area contributed by atoms with Gasteiger partial charge < -0.3 is 4.79 Å².